The Morgan fingerprint density at radius 1 is 1.61 bits per heavy atom. The maximum atomic E-state index is 12.7. The Bertz CT molecular complexity index is 496. The molecule has 0 saturated carbocycles. The van der Waals surface area contributed by atoms with Gasteiger partial charge in [-0.15, -0.1) is 0 Å². The van der Waals surface area contributed by atoms with Crippen LogP contribution >= 0.6 is 0 Å². The molecule has 0 spiro atoms. The fraction of sp³-hybridized carbons (Fsp3) is 0.417. The van der Waals surface area contributed by atoms with E-state index in [0.717, 1.165) is 6.07 Å². The minimum absolute atomic E-state index is 0.127. The fourth-order valence-corrected chi connectivity index (χ4v) is 1.47. The summed E-state index contributed by atoms with van der Waals surface area (Å²) >= 11 is 0. The third-order valence-corrected chi connectivity index (χ3v) is 2.33. The maximum absolute atomic E-state index is 12.7. The summed E-state index contributed by atoms with van der Waals surface area (Å²) in [5.74, 6) is -0.507. The number of nitriles is 1. The number of alkyl halides is 2. The number of esters is 1. The van der Waals surface area contributed by atoms with Crippen molar-refractivity contribution in [3.05, 3.63) is 28.6 Å². The van der Waals surface area contributed by atoms with Gasteiger partial charge in [-0.2, -0.15) is 5.26 Å². The van der Waals surface area contributed by atoms with Crippen molar-refractivity contribution in [3.8, 4) is 6.07 Å². The molecule has 0 saturated heterocycles. The van der Waals surface area contributed by atoms with E-state index in [2.05, 4.69) is 4.98 Å². The number of aromatic nitrogens is 1. The van der Waals surface area contributed by atoms with Crippen LogP contribution in [-0.4, -0.2) is 17.6 Å². The molecule has 0 aromatic carbocycles. The van der Waals surface area contributed by atoms with Gasteiger partial charge in [-0.1, -0.05) is 0 Å². The molecule has 0 radical (unpaired) electrons. The van der Waals surface area contributed by atoms with Crippen LogP contribution in [-0.2, 0) is 16.0 Å². The van der Waals surface area contributed by atoms with Crippen LogP contribution in [0.2, 0.25) is 0 Å². The van der Waals surface area contributed by atoms with E-state index in [4.69, 9.17) is 10.00 Å². The van der Waals surface area contributed by atoms with Gasteiger partial charge in [-0.25, -0.2) is 13.8 Å². The highest BCUT2D eigenvalue weighted by atomic mass is 19.3. The van der Waals surface area contributed by atoms with E-state index in [9.17, 15) is 13.6 Å². The van der Waals surface area contributed by atoms with E-state index in [-0.39, 0.29) is 18.7 Å². The quantitative estimate of drug-likeness (QED) is 0.773. The van der Waals surface area contributed by atoms with Crippen molar-refractivity contribution in [3.63, 3.8) is 0 Å². The van der Waals surface area contributed by atoms with E-state index in [1.165, 1.54) is 0 Å². The summed E-state index contributed by atoms with van der Waals surface area (Å²) in [7, 11) is 0. The molecule has 1 heterocycles. The molecular formula is C12H12F2N2O2. The van der Waals surface area contributed by atoms with Crippen LogP contribution in [0.25, 0.3) is 0 Å². The average molecular weight is 254 g/mol. The van der Waals surface area contributed by atoms with Gasteiger partial charge in [0.25, 0.3) is 6.43 Å². The molecule has 0 aliphatic rings. The molecule has 0 unspecified atom stereocenters. The first kappa shape index (κ1) is 14.0. The van der Waals surface area contributed by atoms with Crippen LogP contribution in [0.1, 0.15) is 35.9 Å². The molecule has 1 aromatic heterocycles. The number of hydrogen-bond acceptors (Lipinski definition) is 4. The standard InChI is InChI=1S/C12H12F2N2O2/c1-3-18-11(17)5-8-4-9(12(13)14)10(6-15)16-7(8)2/h4,12H,3,5H2,1-2H3. The van der Waals surface area contributed by atoms with Crippen LogP contribution in [0.5, 0.6) is 0 Å². The SMILES string of the molecule is CCOC(=O)Cc1cc(C(F)F)c(C#N)nc1C. The number of carbonyl (C=O) groups excluding carboxylic acids is 1. The zero-order valence-corrected chi connectivity index (χ0v) is 10.0. The van der Waals surface area contributed by atoms with Gasteiger partial charge < -0.3 is 4.74 Å². The molecule has 1 rings (SSSR count). The highest BCUT2D eigenvalue weighted by molar-refractivity contribution is 5.73. The number of ether oxygens (including phenoxy) is 1. The molecule has 1 aromatic rings. The summed E-state index contributed by atoms with van der Waals surface area (Å²) < 4.78 is 30.1. The van der Waals surface area contributed by atoms with Gasteiger partial charge in [0.15, 0.2) is 0 Å². The van der Waals surface area contributed by atoms with Crippen molar-refractivity contribution in [2.45, 2.75) is 26.7 Å². The fourth-order valence-electron chi connectivity index (χ4n) is 1.47. The second kappa shape index (κ2) is 6.05. The number of carbonyl (C=O) groups is 1. The first-order valence-corrected chi connectivity index (χ1v) is 5.33. The highest BCUT2D eigenvalue weighted by Gasteiger charge is 2.18. The molecule has 0 amide bonds. The van der Waals surface area contributed by atoms with Crippen molar-refractivity contribution in [1.82, 2.24) is 4.98 Å². The van der Waals surface area contributed by atoms with Gasteiger partial charge in [0.1, 0.15) is 11.8 Å². The molecular weight excluding hydrogens is 242 g/mol. The highest BCUT2D eigenvalue weighted by Crippen LogP contribution is 2.24. The van der Waals surface area contributed by atoms with Crippen LogP contribution in [0.4, 0.5) is 8.78 Å². The van der Waals surface area contributed by atoms with Crippen molar-refractivity contribution in [2.24, 2.45) is 0 Å². The van der Waals surface area contributed by atoms with Crippen molar-refractivity contribution in [2.75, 3.05) is 6.61 Å². The summed E-state index contributed by atoms with van der Waals surface area (Å²) in [5, 5.41) is 8.71. The van der Waals surface area contributed by atoms with E-state index in [1.54, 1.807) is 19.9 Å². The molecule has 6 heteroatoms. The Hall–Kier alpha value is -2.03. The van der Waals surface area contributed by atoms with Crippen LogP contribution in [0, 0.1) is 18.3 Å². The molecule has 0 N–H and O–H groups in total. The molecule has 0 bridgehead atoms. The Labute approximate surface area is 103 Å². The van der Waals surface area contributed by atoms with Gasteiger partial charge in [-0.3, -0.25) is 4.79 Å². The molecule has 96 valence electrons. The smallest absolute Gasteiger partial charge is 0.310 e. The van der Waals surface area contributed by atoms with Gasteiger partial charge in [0, 0.05) is 5.69 Å². The van der Waals surface area contributed by atoms with Crippen LogP contribution in [0.3, 0.4) is 0 Å². The normalized spacial score (nSPS) is 10.2. The van der Waals surface area contributed by atoms with Gasteiger partial charge in [0.2, 0.25) is 0 Å². The minimum Gasteiger partial charge on any atom is -0.466 e. The monoisotopic (exact) mass is 254 g/mol. The van der Waals surface area contributed by atoms with Crippen LogP contribution < -0.4 is 0 Å². The van der Waals surface area contributed by atoms with E-state index in [0.29, 0.717) is 11.3 Å². The number of halogens is 2. The lowest BCUT2D eigenvalue weighted by Crippen LogP contribution is -2.10. The summed E-state index contributed by atoms with van der Waals surface area (Å²) in [5.41, 5.74) is -0.0377. The number of nitrogens with zero attached hydrogens (tertiary/aromatic N) is 2. The van der Waals surface area contributed by atoms with E-state index >= 15 is 0 Å². The number of hydrogen-bond donors (Lipinski definition) is 0. The summed E-state index contributed by atoms with van der Waals surface area (Å²) in [6, 6.07) is 2.76. The molecule has 4 nitrogen and oxygen atoms in total. The molecule has 0 aliphatic carbocycles. The topological polar surface area (TPSA) is 63.0 Å². The lowest BCUT2D eigenvalue weighted by atomic mass is 10.1. The predicted molar refractivity (Wildman–Crippen MR) is 59.0 cm³/mol. The summed E-state index contributed by atoms with van der Waals surface area (Å²) in [6.07, 6.45) is -2.92. The van der Waals surface area contributed by atoms with Gasteiger partial charge in [-0.05, 0) is 25.5 Å². The Morgan fingerprint density at radius 3 is 2.78 bits per heavy atom. The first-order valence-electron chi connectivity index (χ1n) is 5.33. The number of pyridine rings is 1. The Balaban J connectivity index is 3.10. The van der Waals surface area contributed by atoms with Crippen molar-refractivity contribution in [1.29, 1.82) is 5.26 Å². The largest absolute Gasteiger partial charge is 0.466 e. The first-order chi connectivity index (χ1) is 8.49. The summed E-state index contributed by atoms with van der Waals surface area (Å²) in [4.78, 5) is 15.1. The molecule has 0 atom stereocenters. The molecule has 18 heavy (non-hydrogen) atoms. The lowest BCUT2D eigenvalue weighted by molar-refractivity contribution is -0.142. The minimum atomic E-state index is -2.80. The zero-order valence-electron chi connectivity index (χ0n) is 10.0. The predicted octanol–water partition coefficient (Wildman–Crippen LogP) is 2.30. The van der Waals surface area contributed by atoms with E-state index < -0.39 is 18.0 Å². The van der Waals surface area contributed by atoms with E-state index in [1.807, 2.05) is 0 Å². The average Bonchev–Trinajstić information content (AvgIpc) is 2.31. The Kier molecular flexibility index (Phi) is 4.72. The molecule has 0 fully saturated rings. The summed E-state index contributed by atoms with van der Waals surface area (Å²) in [6.45, 7) is 3.44. The van der Waals surface area contributed by atoms with Crippen molar-refractivity contribution < 1.29 is 18.3 Å². The zero-order chi connectivity index (χ0) is 13.7. The third kappa shape index (κ3) is 3.23. The third-order valence-electron chi connectivity index (χ3n) is 2.33. The second-order valence-electron chi connectivity index (χ2n) is 3.57. The second-order valence-corrected chi connectivity index (χ2v) is 3.57. The number of aryl methyl sites for hydroxylation is 1. The number of rotatable bonds is 4. The molecule has 0 aliphatic heterocycles. The van der Waals surface area contributed by atoms with Crippen molar-refractivity contribution >= 4 is 5.97 Å². The Morgan fingerprint density at radius 2 is 2.28 bits per heavy atom. The van der Waals surface area contributed by atoms with Crippen LogP contribution in [0.15, 0.2) is 6.07 Å². The van der Waals surface area contributed by atoms with Gasteiger partial charge >= 0.3 is 5.97 Å². The van der Waals surface area contributed by atoms with Gasteiger partial charge in [0.05, 0.1) is 18.6 Å². The lowest BCUT2D eigenvalue weighted by Gasteiger charge is -2.09. The maximum Gasteiger partial charge on any atom is 0.310 e.